The molecule has 0 fully saturated rings. The predicted octanol–water partition coefficient (Wildman–Crippen LogP) is 2.43. The summed E-state index contributed by atoms with van der Waals surface area (Å²) >= 11 is 0. The first-order valence-corrected chi connectivity index (χ1v) is 7.10. The molecule has 1 heterocycles. The second kappa shape index (κ2) is 8.03. The van der Waals surface area contributed by atoms with Gasteiger partial charge < -0.3 is 9.64 Å². The third kappa shape index (κ3) is 4.88. The Hall–Kier alpha value is -2.76. The third-order valence-corrected chi connectivity index (χ3v) is 3.30. The Kier molecular flexibility index (Phi) is 5.80. The maximum atomic E-state index is 13.3. The van der Waals surface area contributed by atoms with Crippen LogP contribution in [-0.4, -0.2) is 35.4 Å². The van der Waals surface area contributed by atoms with E-state index in [9.17, 15) is 14.0 Å². The minimum absolute atomic E-state index is 0.0721. The van der Waals surface area contributed by atoms with Crippen molar-refractivity contribution in [1.29, 1.82) is 0 Å². The van der Waals surface area contributed by atoms with Gasteiger partial charge in [0.25, 0.3) is 5.91 Å². The first-order valence-electron chi connectivity index (χ1n) is 7.10. The minimum atomic E-state index is -0.479. The number of halogens is 1. The fourth-order valence-electron chi connectivity index (χ4n) is 2.09. The molecule has 0 N–H and O–H groups in total. The summed E-state index contributed by atoms with van der Waals surface area (Å²) in [6.07, 6.45) is 3.32. The second-order valence-corrected chi connectivity index (χ2v) is 4.92. The Morgan fingerprint density at radius 2 is 1.96 bits per heavy atom. The zero-order valence-electron chi connectivity index (χ0n) is 12.7. The van der Waals surface area contributed by atoms with Crippen LogP contribution in [0.15, 0.2) is 48.8 Å². The van der Waals surface area contributed by atoms with Gasteiger partial charge in [-0.2, -0.15) is 0 Å². The molecule has 6 heteroatoms. The van der Waals surface area contributed by atoms with E-state index in [0.29, 0.717) is 6.54 Å². The van der Waals surface area contributed by atoms with Crippen molar-refractivity contribution in [1.82, 2.24) is 9.88 Å². The molecule has 0 aliphatic rings. The van der Waals surface area contributed by atoms with E-state index in [-0.39, 0.29) is 24.4 Å². The molecule has 2 aromatic rings. The van der Waals surface area contributed by atoms with Crippen LogP contribution in [0.2, 0.25) is 0 Å². The van der Waals surface area contributed by atoms with Crippen LogP contribution in [-0.2, 0) is 16.1 Å². The number of methoxy groups -OCH3 is 1. The molecule has 0 saturated carbocycles. The van der Waals surface area contributed by atoms with Gasteiger partial charge in [-0.05, 0) is 35.9 Å². The molecule has 0 atom stereocenters. The summed E-state index contributed by atoms with van der Waals surface area (Å²) in [5.74, 6) is -1.23. The first kappa shape index (κ1) is 16.6. The van der Waals surface area contributed by atoms with Crippen molar-refractivity contribution in [3.63, 3.8) is 0 Å². The van der Waals surface area contributed by atoms with Crippen LogP contribution < -0.4 is 0 Å². The Morgan fingerprint density at radius 3 is 2.61 bits per heavy atom. The molecule has 5 nitrogen and oxygen atoms in total. The quantitative estimate of drug-likeness (QED) is 0.768. The summed E-state index contributed by atoms with van der Waals surface area (Å²) in [6.45, 7) is 0.485. The minimum Gasteiger partial charge on any atom is -0.469 e. The van der Waals surface area contributed by atoms with Crippen molar-refractivity contribution >= 4 is 11.9 Å². The molecule has 1 aromatic carbocycles. The van der Waals surface area contributed by atoms with E-state index >= 15 is 0 Å². The molecule has 0 unspecified atom stereocenters. The zero-order valence-corrected chi connectivity index (χ0v) is 12.7. The number of ether oxygens (including phenoxy) is 1. The average molecular weight is 316 g/mol. The third-order valence-electron chi connectivity index (χ3n) is 3.30. The highest BCUT2D eigenvalue weighted by Gasteiger charge is 2.18. The standard InChI is InChI=1S/C17H17FN2O3/c1-23-16(21)7-10-20(12-13-5-8-19-9-6-13)17(22)14-3-2-4-15(18)11-14/h2-6,8-9,11H,7,10,12H2,1H3. The molecule has 120 valence electrons. The van der Waals surface area contributed by atoms with Gasteiger partial charge in [0, 0.05) is 31.0 Å². The number of esters is 1. The first-order chi connectivity index (χ1) is 11.1. The lowest BCUT2D eigenvalue weighted by Gasteiger charge is -2.22. The average Bonchev–Trinajstić information content (AvgIpc) is 2.58. The van der Waals surface area contributed by atoms with Gasteiger partial charge in [-0.1, -0.05) is 6.07 Å². The van der Waals surface area contributed by atoms with E-state index < -0.39 is 11.8 Å². The SMILES string of the molecule is COC(=O)CCN(Cc1ccncc1)C(=O)c1cccc(F)c1. The number of carbonyl (C=O) groups excluding carboxylic acids is 2. The van der Waals surface area contributed by atoms with Gasteiger partial charge in [-0.3, -0.25) is 14.6 Å². The summed E-state index contributed by atoms with van der Waals surface area (Å²) < 4.78 is 17.9. The summed E-state index contributed by atoms with van der Waals surface area (Å²) in [4.78, 5) is 29.4. The van der Waals surface area contributed by atoms with Crippen molar-refractivity contribution < 1.29 is 18.7 Å². The molecular formula is C17H17FN2O3. The molecule has 1 amide bonds. The number of amides is 1. The van der Waals surface area contributed by atoms with Crippen LogP contribution >= 0.6 is 0 Å². The number of pyridine rings is 1. The van der Waals surface area contributed by atoms with Gasteiger partial charge >= 0.3 is 5.97 Å². The molecule has 23 heavy (non-hydrogen) atoms. The van der Waals surface area contributed by atoms with E-state index in [1.54, 1.807) is 30.6 Å². The highest BCUT2D eigenvalue weighted by Crippen LogP contribution is 2.12. The Labute approximate surface area is 133 Å². The summed E-state index contributed by atoms with van der Waals surface area (Å²) in [6, 6.07) is 9.04. The van der Waals surface area contributed by atoms with Crippen molar-refractivity contribution in [3.8, 4) is 0 Å². The van der Waals surface area contributed by atoms with Crippen LogP contribution in [0.5, 0.6) is 0 Å². The number of hydrogen-bond acceptors (Lipinski definition) is 4. The summed E-state index contributed by atoms with van der Waals surface area (Å²) in [5.41, 5.74) is 1.11. The summed E-state index contributed by atoms with van der Waals surface area (Å²) in [5, 5.41) is 0. The van der Waals surface area contributed by atoms with E-state index in [1.165, 1.54) is 30.2 Å². The molecule has 0 aliphatic carbocycles. The van der Waals surface area contributed by atoms with Gasteiger partial charge in [0.2, 0.25) is 0 Å². The van der Waals surface area contributed by atoms with Gasteiger partial charge in [-0.15, -0.1) is 0 Å². The van der Waals surface area contributed by atoms with Crippen molar-refractivity contribution in [2.75, 3.05) is 13.7 Å². The van der Waals surface area contributed by atoms with Crippen molar-refractivity contribution in [2.45, 2.75) is 13.0 Å². The molecule has 2 rings (SSSR count). The second-order valence-electron chi connectivity index (χ2n) is 4.92. The molecule has 1 aromatic heterocycles. The van der Waals surface area contributed by atoms with Crippen LogP contribution in [0.25, 0.3) is 0 Å². The van der Waals surface area contributed by atoms with Gasteiger partial charge in [-0.25, -0.2) is 4.39 Å². The highest BCUT2D eigenvalue weighted by atomic mass is 19.1. The normalized spacial score (nSPS) is 10.2. The Morgan fingerprint density at radius 1 is 1.22 bits per heavy atom. The molecule has 0 bridgehead atoms. The smallest absolute Gasteiger partial charge is 0.307 e. The highest BCUT2D eigenvalue weighted by molar-refractivity contribution is 5.94. The predicted molar refractivity (Wildman–Crippen MR) is 82.0 cm³/mol. The molecular weight excluding hydrogens is 299 g/mol. The fraction of sp³-hybridized carbons (Fsp3) is 0.235. The van der Waals surface area contributed by atoms with Crippen molar-refractivity contribution in [2.24, 2.45) is 0 Å². The lowest BCUT2D eigenvalue weighted by Crippen LogP contribution is -2.32. The van der Waals surface area contributed by atoms with E-state index in [1.807, 2.05) is 0 Å². The molecule has 0 saturated heterocycles. The lowest BCUT2D eigenvalue weighted by molar-refractivity contribution is -0.140. The number of nitrogens with zero attached hydrogens (tertiary/aromatic N) is 2. The van der Waals surface area contributed by atoms with Crippen LogP contribution in [0.3, 0.4) is 0 Å². The van der Waals surface area contributed by atoms with Gasteiger partial charge in [0.05, 0.1) is 13.5 Å². The largest absolute Gasteiger partial charge is 0.469 e. The van der Waals surface area contributed by atoms with Crippen LogP contribution in [0.4, 0.5) is 4.39 Å². The molecule has 0 radical (unpaired) electrons. The molecule has 0 spiro atoms. The number of carbonyl (C=O) groups is 2. The zero-order chi connectivity index (χ0) is 16.7. The lowest BCUT2D eigenvalue weighted by atomic mass is 10.1. The van der Waals surface area contributed by atoms with E-state index in [2.05, 4.69) is 9.72 Å². The number of hydrogen-bond donors (Lipinski definition) is 0. The fourth-order valence-corrected chi connectivity index (χ4v) is 2.09. The van der Waals surface area contributed by atoms with Gasteiger partial charge in [0.15, 0.2) is 0 Å². The Bertz CT molecular complexity index is 677. The van der Waals surface area contributed by atoms with E-state index in [4.69, 9.17) is 0 Å². The van der Waals surface area contributed by atoms with E-state index in [0.717, 1.165) is 5.56 Å². The Balaban J connectivity index is 2.17. The number of rotatable bonds is 6. The summed E-state index contributed by atoms with van der Waals surface area (Å²) in [7, 11) is 1.30. The molecule has 0 aliphatic heterocycles. The van der Waals surface area contributed by atoms with Crippen LogP contribution in [0, 0.1) is 5.82 Å². The topological polar surface area (TPSA) is 59.5 Å². The van der Waals surface area contributed by atoms with Crippen molar-refractivity contribution in [3.05, 3.63) is 65.7 Å². The number of benzene rings is 1. The monoisotopic (exact) mass is 316 g/mol. The van der Waals surface area contributed by atoms with Crippen LogP contribution in [0.1, 0.15) is 22.3 Å². The number of aromatic nitrogens is 1. The van der Waals surface area contributed by atoms with Gasteiger partial charge in [0.1, 0.15) is 5.82 Å². The maximum Gasteiger partial charge on any atom is 0.307 e. The maximum absolute atomic E-state index is 13.3.